The molecule has 1 aromatic heterocycles. The van der Waals surface area contributed by atoms with E-state index >= 15 is 0 Å². The minimum absolute atomic E-state index is 0.0952. The Labute approximate surface area is 359 Å². The van der Waals surface area contributed by atoms with Crippen LogP contribution in [0.4, 0.5) is 33.6 Å². The first kappa shape index (κ1) is 42.8. The maximum absolute atomic E-state index is 14.8. The van der Waals surface area contributed by atoms with Crippen molar-refractivity contribution in [1.82, 2.24) is 9.97 Å². The largest absolute Gasteiger partial charge is 0.497 e. The molecule has 0 spiro atoms. The summed E-state index contributed by atoms with van der Waals surface area (Å²) in [4.78, 5) is 58.0. The van der Waals surface area contributed by atoms with Gasteiger partial charge < -0.3 is 39.0 Å². The van der Waals surface area contributed by atoms with E-state index in [2.05, 4.69) is 20.2 Å². The second-order valence-corrected chi connectivity index (χ2v) is 16.0. The fraction of sp³-hybridized carbons (Fsp3) is 0.341. The summed E-state index contributed by atoms with van der Waals surface area (Å²) in [7, 11) is 6.94. The number of amides is 2. The number of fused-ring (bicyclic) bond motifs is 1. The maximum Gasteiger partial charge on any atom is 0.368 e. The number of carbonyl (C=O) groups is 2. The molecule has 17 heteroatoms. The van der Waals surface area contributed by atoms with Gasteiger partial charge in [0.15, 0.2) is 5.78 Å². The highest BCUT2D eigenvalue weighted by Crippen LogP contribution is 2.43. The Kier molecular flexibility index (Phi) is 13.0. The molecule has 4 heterocycles. The number of aliphatic imine (C=N–C) groups is 1. The number of anilines is 5. The molecule has 1 N–H and O–H groups in total. The molecule has 16 nitrogen and oxygen atoms in total. The Bertz CT molecular complexity index is 2400. The Hall–Kier alpha value is -6.36. The maximum atomic E-state index is 14.8. The zero-order valence-corrected chi connectivity index (χ0v) is 35.6. The lowest BCUT2D eigenvalue weighted by Crippen LogP contribution is -2.49. The second kappa shape index (κ2) is 18.5. The number of morpholine rings is 1. The number of quaternary nitrogens is 1. The van der Waals surface area contributed by atoms with Crippen molar-refractivity contribution in [2.45, 2.75) is 32.4 Å². The summed E-state index contributed by atoms with van der Waals surface area (Å²) in [6.07, 6.45) is 7.20. The summed E-state index contributed by atoms with van der Waals surface area (Å²) in [6, 6.07) is 18.0. The Morgan fingerprint density at radius 2 is 1.87 bits per heavy atom. The molecule has 1 saturated heterocycles. The molecule has 318 valence electrons. The molecule has 7 rings (SSSR count). The lowest BCUT2D eigenvalue weighted by atomic mass is 10.00. The molecular weight excluding hydrogens is 802 g/mol. The number of urea groups is 1. The lowest BCUT2D eigenvalue weighted by molar-refractivity contribution is -0.880. The molecule has 4 aromatic rings. The average molecular weight is 851 g/mol. The van der Waals surface area contributed by atoms with Crippen molar-refractivity contribution in [3.05, 3.63) is 122 Å². The first-order chi connectivity index (χ1) is 29.3. The van der Waals surface area contributed by atoms with Crippen molar-refractivity contribution >= 4 is 58.5 Å². The third-order valence-electron chi connectivity index (χ3n) is 10.8. The zero-order chi connectivity index (χ0) is 43.3. The zero-order valence-electron chi connectivity index (χ0n) is 34.8. The van der Waals surface area contributed by atoms with Gasteiger partial charge in [0.2, 0.25) is 5.95 Å². The predicted octanol–water partition coefficient (Wildman–Crippen LogP) is 7.14. The van der Waals surface area contributed by atoms with Crippen molar-refractivity contribution in [3.8, 4) is 11.5 Å². The van der Waals surface area contributed by atoms with E-state index in [0.29, 0.717) is 77.3 Å². The molecule has 1 atom stereocenters. The van der Waals surface area contributed by atoms with Crippen LogP contribution in [0.1, 0.15) is 36.1 Å². The molecule has 61 heavy (non-hydrogen) atoms. The van der Waals surface area contributed by atoms with E-state index in [1.54, 1.807) is 46.5 Å². The summed E-state index contributed by atoms with van der Waals surface area (Å²) < 4.78 is 17.0. The fourth-order valence-corrected chi connectivity index (χ4v) is 7.95. The highest BCUT2D eigenvalue weighted by atomic mass is 35.5. The lowest BCUT2D eigenvalue weighted by Gasteiger charge is -2.39. The van der Waals surface area contributed by atoms with Gasteiger partial charge in [0, 0.05) is 61.2 Å². The highest BCUT2D eigenvalue weighted by Gasteiger charge is 2.38. The van der Waals surface area contributed by atoms with Gasteiger partial charge in [0.1, 0.15) is 35.1 Å². The van der Waals surface area contributed by atoms with Gasteiger partial charge in [0.05, 0.1) is 71.9 Å². The minimum Gasteiger partial charge on any atom is -0.497 e. The van der Waals surface area contributed by atoms with Gasteiger partial charge in [-0.25, -0.2) is 9.78 Å². The van der Waals surface area contributed by atoms with Crippen LogP contribution in [-0.4, -0.2) is 105 Å². The van der Waals surface area contributed by atoms with Gasteiger partial charge in [0.25, 0.3) is 0 Å². The number of aromatic nitrogens is 2. The van der Waals surface area contributed by atoms with Crippen molar-refractivity contribution in [2.75, 3.05) is 87.7 Å². The SMILES string of the molecule is COc1cc(OC)c(Cl)c(N2Cc3cnc(Nc4ccc(N5CCOCC5)cc4)nc3N(C(C)c3cccc(CC(=O)/C=C/C[N+](C)(C)CC4=C([N+](=O)[O-])N=CC4)c3)C2=O)c1. The summed E-state index contributed by atoms with van der Waals surface area (Å²) >= 11 is 6.86. The predicted molar refractivity (Wildman–Crippen MR) is 235 cm³/mol. The minimum atomic E-state index is -0.558. The van der Waals surface area contributed by atoms with E-state index in [1.807, 2.05) is 69.6 Å². The molecule has 3 aliphatic rings. The van der Waals surface area contributed by atoms with Crippen LogP contribution in [0.5, 0.6) is 11.5 Å². The molecular formula is C44H49ClN9O7+. The number of rotatable bonds is 16. The topological polar surface area (TPSA) is 165 Å². The summed E-state index contributed by atoms with van der Waals surface area (Å²) in [6.45, 7) is 6.01. The van der Waals surface area contributed by atoms with Gasteiger partial charge >= 0.3 is 11.9 Å². The van der Waals surface area contributed by atoms with Crippen LogP contribution in [0.25, 0.3) is 0 Å². The molecule has 1 unspecified atom stereocenters. The number of methoxy groups -OCH3 is 2. The number of benzene rings is 3. The Morgan fingerprint density at radius 3 is 2.59 bits per heavy atom. The third kappa shape index (κ3) is 9.83. The molecule has 3 aliphatic heterocycles. The first-order valence-electron chi connectivity index (χ1n) is 19.9. The Balaban J connectivity index is 1.14. The molecule has 1 fully saturated rings. The van der Waals surface area contributed by atoms with Crippen molar-refractivity contribution in [3.63, 3.8) is 0 Å². The number of carbonyl (C=O) groups excluding carboxylic acids is 2. The summed E-state index contributed by atoms with van der Waals surface area (Å²) in [5.41, 5.74) is 5.18. The average Bonchev–Trinajstić information content (AvgIpc) is 3.72. The van der Waals surface area contributed by atoms with Crippen molar-refractivity contribution in [1.29, 1.82) is 0 Å². The first-order valence-corrected chi connectivity index (χ1v) is 20.3. The van der Waals surface area contributed by atoms with Crippen LogP contribution < -0.4 is 29.5 Å². The molecule has 0 bridgehead atoms. The molecule has 0 saturated carbocycles. The van der Waals surface area contributed by atoms with Crippen LogP contribution in [0, 0.1) is 10.1 Å². The van der Waals surface area contributed by atoms with Gasteiger partial charge in [-0.3, -0.25) is 14.6 Å². The monoisotopic (exact) mass is 850 g/mol. The molecule has 3 aromatic carbocycles. The van der Waals surface area contributed by atoms with E-state index in [-0.39, 0.29) is 35.6 Å². The highest BCUT2D eigenvalue weighted by molar-refractivity contribution is 6.35. The van der Waals surface area contributed by atoms with Gasteiger partial charge in [-0.15, -0.1) is 0 Å². The quantitative estimate of drug-likeness (QED) is 0.0527. The number of nitrogens with zero attached hydrogens (tertiary/aromatic N) is 8. The third-order valence-corrected chi connectivity index (χ3v) is 11.2. The van der Waals surface area contributed by atoms with E-state index < -0.39 is 11.0 Å². The fourth-order valence-electron chi connectivity index (χ4n) is 7.66. The van der Waals surface area contributed by atoms with Gasteiger partial charge in [-0.1, -0.05) is 40.9 Å². The van der Waals surface area contributed by atoms with Crippen LogP contribution in [0.15, 0.2) is 95.4 Å². The van der Waals surface area contributed by atoms with Crippen LogP contribution in [0.3, 0.4) is 0 Å². The van der Waals surface area contributed by atoms with E-state index in [4.69, 9.17) is 30.8 Å². The normalized spacial score (nSPS) is 16.0. The van der Waals surface area contributed by atoms with Crippen LogP contribution in [-0.2, 0) is 22.5 Å². The summed E-state index contributed by atoms with van der Waals surface area (Å²) in [5, 5.41) is 14.9. The number of likely N-dealkylation sites (N-methyl/N-ethyl adjacent to an activating group) is 1. The number of hydrogen-bond acceptors (Lipinski definition) is 12. The standard InChI is InChI=1S/C44H49ClN9O7/c1-29(31-9-6-8-30(22-31)23-36(55)10-7-19-54(2,3)28-32-15-16-46-41(32)53(57)58)52-42-33(27-51(44(52)56)38-24-37(59-4)25-39(60-5)40(38)45)26-47-43(49-42)48-34-11-13-35(14-12-34)50-17-20-61-21-18-50/h6-14,16,22,24-26,29H,15,17-21,23,27-28H2,1-5H3,(H,47,48,49)/q+1/b10-7+. The molecule has 2 amide bonds. The number of ether oxygens (including phenoxy) is 3. The molecule has 0 aliphatic carbocycles. The number of hydrogen-bond donors (Lipinski definition) is 1. The van der Waals surface area contributed by atoms with E-state index in [1.165, 1.54) is 14.2 Å². The van der Waals surface area contributed by atoms with Crippen molar-refractivity contribution in [2.24, 2.45) is 4.99 Å². The Morgan fingerprint density at radius 1 is 1.10 bits per heavy atom. The van der Waals surface area contributed by atoms with Crippen LogP contribution >= 0.6 is 11.6 Å². The number of halogens is 1. The van der Waals surface area contributed by atoms with E-state index in [0.717, 1.165) is 35.6 Å². The summed E-state index contributed by atoms with van der Waals surface area (Å²) in [5.74, 6) is 1.36. The number of ketones is 1. The smallest absolute Gasteiger partial charge is 0.368 e. The molecule has 0 radical (unpaired) electrons. The van der Waals surface area contributed by atoms with Gasteiger partial charge in [-0.2, -0.15) is 4.98 Å². The number of allylic oxidation sites excluding steroid dienone is 1. The van der Waals surface area contributed by atoms with Gasteiger partial charge in [-0.05, 0) is 59.4 Å². The van der Waals surface area contributed by atoms with E-state index in [9.17, 15) is 19.7 Å². The second-order valence-electron chi connectivity index (χ2n) is 15.7. The van der Waals surface area contributed by atoms with Crippen molar-refractivity contribution < 1.29 is 33.2 Å². The van der Waals surface area contributed by atoms with Crippen LogP contribution in [0.2, 0.25) is 5.02 Å². The number of nitro groups is 1. The number of nitrogens with one attached hydrogen (secondary N) is 1.